The lowest BCUT2D eigenvalue weighted by Gasteiger charge is -2.08. The van der Waals surface area contributed by atoms with Crippen LogP contribution in [0, 0.1) is 13.8 Å². The molecule has 1 fully saturated rings. The van der Waals surface area contributed by atoms with Gasteiger partial charge in [0, 0.05) is 23.0 Å². The van der Waals surface area contributed by atoms with Crippen molar-refractivity contribution in [3.8, 4) is 11.4 Å². The summed E-state index contributed by atoms with van der Waals surface area (Å²) in [5, 5.41) is 0.636. The third kappa shape index (κ3) is 1.90. The molecular formula is C17H17N3O. The zero-order valence-electron chi connectivity index (χ0n) is 12.2. The first-order valence-electron chi connectivity index (χ1n) is 7.33. The van der Waals surface area contributed by atoms with Gasteiger partial charge in [-0.2, -0.15) is 0 Å². The van der Waals surface area contributed by atoms with E-state index in [2.05, 4.69) is 34.4 Å². The van der Waals surface area contributed by atoms with Crippen molar-refractivity contribution < 1.29 is 0 Å². The van der Waals surface area contributed by atoms with Gasteiger partial charge in [0.1, 0.15) is 5.82 Å². The van der Waals surface area contributed by atoms with Crippen LogP contribution in [0.15, 0.2) is 35.1 Å². The van der Waals surface area contributed by atoms with Crippen LogP contribution in [0.4, 0.5) is 0 Å². The van der Waals surface area contributed by atoms with Crippen molar-refractivity contribution in [3.63, 3.8) is 0 Å². The van der Waals surface area contributed by atoms with Crippen molar-refractivity contribution in [3.05, 3.63) is 52.1 Å². The Hall–Kier alpha value is -2.36. The van der Waals surface area contributed by atoms with Gasteiger partial charge in [-0.05, 0) is 44.9 Å². The van der Waals surface area contributed by atoms with Crippen LogP contribution in [0.3, 0.4) is 0 Å². The standard InChI is InChI=1S/C17H17N3O/c1-10-9-14(11(2)20(10)12-7-8-12)16-18-15-6-4-3-5-13(15)17(21)19-16/h3-6,9,12H,7-8H2,1-2H3,(H,18,19,21). The van der Waals surface area contributed by atoms with Crippen molar-refractivity contribution >= 4 is 10.9 Å². The van der Waals surface area contributed by atoms with Crippen molar-refractivity contribution in [1.82, 2.24) is 14.5 Å². The normalized spacial score (nSPS) is 14.8. The van der Waals surface area contributed by atoms with Gasteiger partial charge in [-0.25, -0.2) is 4.98 Å². The minimum Gasteiger partial charge on any atom is -0.345 e. The number of nitrogens with one attached hydrogen (secondary N) is 1. The summed E-state index contributed by atoms with van der Waals surface area (Å²) in [6.45, 7) is 4.23. The monoisotopic (exact) mass is 279 g/mol. The lowest BCUT2D eigenvalue weighted by molar-refractivity contribution is 0.700. The lowest BCUT2D eigenvalue weighted by atomic mass is 10.2. The Morgan fingerprint density at radius 1 is 1.24 bits per heavy atom. The Morgan fingerprint density at radius 2 is 2.00 bits per heavy atom. The Balaban J connectivity index is 1.94. The van der Waals surface area contributed by atoms with Gasteiger partial charge in [-0.1, -0.05) is 12.1 Å². The summed E-state index contributed by atoms with van der Waals surface area (Å²) >= 11 is 0. The highest BCUT2D eigenvalue weighted by molar-refractivity contribution is 5.79. The van der Waals surface area contributed by atoms with Crippen LogP contribution < -0.4 is 5.56 Å². The van der Waals surface area contributed by atoms with Crippen molar-refractivity contribution in [2.75, 3.05) is 0 Å². The number of rotatable bonds is 2. The second kappa shape index (κ2) is 4.32. The number of H-pyrrole nitrogens is 1. The summed E-state index contributed by atoms with van der Waals surface area (Å²) in [7, 11) is 0. The average molecular weight is 279 g/mol. The first-order chi connectivity index (χ1) is 10.1. The Morgan fingerprint density at radius 3 is 2.76 bits per heavy atom. The number of aromatic amines is 1. The van der Waals surface area contributed by atoms with Crippen molar-refractivity contribution in [2.45, 2.75) is 32.7 Å². The van der Waals surface area contributed by atoms with Crippen LogP contribution in [-0.4, -0.2) is 14.5 Å². The molecule has 0 bridgehead atoms. The second-order valence-electron chi connectivity index (χ2n) is 5.82. The first kappa shape index (κ1) is 12.4. The molecule has 0 unspecified atom stereocenters. The van der Waals surface area contributed by atoms with E-state index in [9.17, 15) is 4.79 Å². The van der Waals surface area contributed by atoms with Crippen LogP contribution in [0.25, 0.3) is 22.3 Å². The Labute approximate surface area is 122 Å². The maximum Gasteiger partial charge on any atom is 0.259 e. The van der Waals surface area contributed by atoms with Crippen LogP contribution in [0.2, 0.25) is 0 Å². The Kier molecular flexibility index (Phi) is 2.55. The van der Waals surface area contributed by atoms with Gasteiger partial charge in [0.05, 0.1) is 10.9 Å². The number of hydrogen-bond donors (Lipinski definition) is 1. The van der Waals surface area contributed by atoms with Crippen molar-refractivity contribution in [2.24, 2.45) is 0 Å². The number of benzene rings is 1. The Bertz CT molecular complexity index is 900. The highest BCUT2D eigenvalue weighted by atomic mass is 16.1. The number of aromatic nitrogens is 3. The third-order valence-electron chi connectivity index (χ3n) is 4.26. The fourth-order valence-corrected chi connectivity index (χ4v) is 3.13. The van der Waals surface area contributed by atoms with Crippen LogP contribution >= 0.6 is 0 Å². The highest BCUT2D eigenvalue weighted by Gasteiger charge is 2.27. The molecule has 0 aliphatic heterocycles. The molecule has 3 aromatic rings. The number of para-hydroxylation sites is 1. The summed E-state index contributed by atoms with van der Waals surface area (Å²) in [6, 6.07) is 10.2. The molecule has 1 aromatic carbocycles. The summed E-state index contributed by atoms with van der Waals surface area (Å²) in [6.07, 6.45) is 2.49. The van der Waals surface area contributed by atoms with E-state index in [1.54, 1.807) is 6.07 Å². The molecule has 2 aromatic heterocycles. The fourth-order valence-electron chi connectivity index (χ4n) is 3.13. The minimum absolute atomic E-state index is 0.0770. The van der Waals surface area contributed by atoms with Gasteiger partial charge in [0.15, 0.2) is 0 Å². The van der Waals surface area contributed by atoms with Crippen LogP contribution in [0.1, 0.15) is 30.3 Å². The molecule has 4 heteroatoms. The molecule has 21 heavy (non-hydrogen) atoms. The summed E-state index contributed by atoms with van der Waals surface area (Å²) < 4.78 is 2.37. The largest absolute Gasteiger partial charge is 0.345 e. The molecule has 106 valence electrons. The zero-order chi connectivity index (χ0) is 14.6. The maximum atomic E-state index is 12.2. The van der Waals surface area contributed by atoms with Crippen LogP contribution in [0.5, 0.6) is 0 Å². The quantitative estimate of drug-likeness (QED) is 0.782. The zero-order valence-corrected chi connectivity index (χ0v) is 12.2. The smallest absolute Gasteiger partial charge is 0.259 e. The number of hydrogen-bond acceptors (Lipinski definition) is 2. The van der Waals surface area contributed by atoms with E-state index in [-0.39, 0.29) is 5.56 Å². The maximum absolute atomic E-state index is 12.2. The number of aryl methyl sites for hydroxylation is 1. The van der Waals surface area contributed by atoms with Crippen molar-refractivity contribution in [1.29, 1.82) is 0 Å². The third-order valence-corrected chi connectivity index (χ3v) is 4.26. The van der Waals surface area contributed by atoms with Gasteiger partial charge in [-0.15, -0.1) is 0 Å². The van der Waals surface area contributed by atoms with E-state index in [1.165, 1.54) is 24.2 Å². The minimum atomic E-state index is -0.0770. The molecule has 1 N–H and O–H groups in total. The molecule has 0 saturated heterocycles. The van der Waals surface area contributed by atoms with Gasteiger partial charge in [-0.3, -0.25) is 4.79 Å². The molecule has 2 heterocycles. The average Bonchev–Trinajstić information content (AvgIpc) is 3.25. The molecule has 1 saturated carbocycles. The molecule has 1 aliphatic rings. The summed E-state index contributed by atoms with van der Waals surface area (Å²) in [4.78, 5) is 19.8. The molecule has 0 amide bonds. The highest BCUT2D eigenvalue weighted by Crippen LogP contribution is 2.39. The molecule has 4 nitrogen and oxygen atoms in total. The SMILES string of the molecule is Cc1cc(-c2nc3ccccc3c(=O)[nH]2)c(C)n1C1CC1. The van der Waals surface area contributed by atoms with E-state index >= 15 is 0 Å². The van der Waals surface area contributed by atoms with E-state index in [4.69, 9.17) is 0 Å². The second-order valence-corrected chi connectivity index (χ2v) is 5.82. The first-order valence-corrected chi connectivity index (χ1v) is 7.33. The van der Waals surface area contributed by atoms with E-state index < -0.39 is 0 Å². The molecule has 0 radical (unpaired) electrons. The number of fused-ring (bicyclic) bond motifs is 1. The van der Waals surface area contributed by atoms with E-state index in [0.29, 0.717) is 17.3 Å². The van der Waals surface area contributed by atoms with Gasteiger partial charge in [0.2, 0.25) is 0 Å². The topological polar surface area (TPSA) is 50.7 Å². The van der Waals surface area contributed by atoms with Gasteiger partial charge in [0.25, 0.3) is 5.56 Å². The summed E-state index contributed by atoms with van der Waals surface area (Å²) in [5.41, 5.74) is 4.12. The fraction of sp³-hybridized carbons (Fsp3) is 0.294. The van der Waals surface area contributed by atoms with Gasteiger partial charge < -0.3 is 9.55 Å². The molecule has 0 spiro atoms. The van der Waals surface area contributed by atoms with E-state index in [0.717, 1.165) is 11.1 Å². The molecule has 0 atom stereocenters. The number of nitrogens with zero attached hydrogens (tertiary/aromatic N) is 2. The van der Waals surface area contributed by atoms with Crippen LogP contribution in [-0.2, 0) is 0 Å². The molecule has 1 aliphatic carbocycles. The summed E-state index contributed by atoms with van der Waals surface area (Å²) in [5.74, 6) is 0.665. The predicted octanol–water partition coefficient (Wildman–Crippen LogP) is 3.34. The van der Waals surface area contributed by atoms with Gasteiger partial charge >= 0.3 is 0 Å². The molecule has 4 rings (SSSR count). The molecular weight excluding hydrogens is 262 g/mol. The lowest BCUT2D eigenvalue weighted by Crippen LogP contribution is -2.09. The predicted molar refractivity (Wildman–Crippen MR) is 83.5 cm³/mol. The van der Waals surface area contributed by atoms with E-state index in [1.807, 2.05) is 18.2 Å².